The Morgan fingerprint density at radius 1 is 1.44 bits per heavy atom. The molecule has 4 nitrogen and oxygen atoms in total. The number of ether oxygens (including phenoxy) is 3. The second kappa shape index (κ2) is 3.56. The number of hydrogen-bond acceptors (Lipinski definition) is 4. The van der Waals surface area contributed by atoms with Gasteiger partial charge in [-0.1, -0.05) is 6.58 Å². The molecule has 0 bridgehead atoms. The fraction of sp³-hybridized carbons (Fsp3) is 0.250. The second-order valence-electron chi connectivity index (χ2n) is 3.57. The number of carbonyl (C=O) groups excluding carboxylic acids is 1. The van der Waals surface area contributed by atoms with Crippen molar-refractivity contribution in [3.8, 4) is 11.5 Å². The Hall–Kier alpha value is -1.97. The molecule has 0 aliphatic carbocycles. The zero-order valence-electron chi connectivity index (χ0n) is 9.15. The minimum absolute atomic E-state index is 0.389. The number of benzene rings is 1. The lowest BCUT2D eigenvalue weighted by Crippen LogP contribution is -2.39. The molecular formula is C12H12O4. The molecule has 0 radical (unpaired) electrons. The van der Waals surface area contributed by atoms with Crippen molar-refractivity contribution in [1.82, 2.24) is 0 Å². The van der Waals surface area contributed by atoms with Crippen LogP contribution in [0.1, 0.15) is 17.3 Å². The van der Waals surface area contributed by atoms with Crippen LogP contribution < -0.4 is 9.47 Å². The molecule has 0 spiro atoms. The molecule has 16 heavy (non-hydrogen) atoms. The number of rotatable bonds is 2. The lowest BCUT2D eigenvalue weighted by Gasteiger charge is -2.32. The summed E-state index contributed by atoms with van der Waals surface area (Å²) in [6, 6.07) is 4.94. The van der Waals surface area contributed by atoms with Gasteiger partial charge in [0.05, 0.1) is 7.11 Å². The SMILES string of the molecule is C=CC1(C)OC(=O)c2ccc(OC)cc2O1. The van der Waals surface area contributed by atoms with E-state index in [1.54, 1.807) is 32.2 Å². The number of methoxy groups -OCH3 is 1. The standard InChI is InChI=1S/C12H12O4/c1-4-12(2)15-10-7-8(14-3)5-6-9(10)11(13)16-12/h4-7H,1H2,2-3H3. The first-order valence-electron chi connectivity index (χ1n) is 4.82. The third kappa shape index (κ3) is 1.62. The van der Waals surface area contributed by atoms with Crippen molar-refractivity contribution in [1.29, 1.82) is 0 Å². The van der Waals surface area contributed by atoms with Crippen molar-refractivity contribution in [2.45, 2.75) is 12.7 Å². The van der Waals surface area contributed by atoms with Crippen LogP contribution in [-0.2, 0) is 4.74 Å². The third-order valence-electron chi connectivity index (χ3n) is 2.39. The summed E-state index contributed by atoms with van der Waals surface area (Å²) in [7, 11) is 1.55. The van der Waals surface area contributed by atoms with Crippen molar-refractivity contribution < 1.29 is 19.0 Å². The highest BCUT2D eigenvalue weighted by molar-refractivity contribution is 5.94. The van der Waals surface area contributed by atoms with Gasteiger partial charge in [-0.25, -0.2) is 4.79 Å². The minimum Gasteiger partial charge on any atom is -0.497 e. The average molecular weight is 220 g/mol. The van der Waals surface area contributed by atoms with E-state index < -0.39 is 11.8 Å². The maximum atomic E-state index is 11.7. The van der Waals surface area contributed by atoms with E-state index in [-0.39, 0.29) is 0 Å². The van der Waals surface area contributed by atoms with Crippen molar-refractivity contribution in [2.24, 2.45) is 0 Å². The summed E-state index contributed by atoms with van der Waals surface area (Å²) < 4.78 is 15.7. The van der Waals surface area contributed by atoms with Crippen molar-refractivity contribution in [3.63, 3.8) is 0 Å². The van der Waals surface area contributed by atoms with Gasteiger partial charge in [0.1, 0.15) is 17.1 Å². The van der Waals surface area contributed by atoms with Gasteiger partial charge < -0.3 is 14.2 Å². The summed E-state index contributed by atoms with van der Waals surface area (Å²) in [6.45, 7) is 5.20. The number of hydrogen-bond donors (Lipinski definition) is 0. The van der Waals surface area contributed by atoms with Crippen LogP contribution in [0.25, 0.3) is 0 Å². The first-order valence-corrected chi connectivity index (χ1v) is 4.82. The van der Waals surface area contributed by atoms with Crippen LogP contribution in [0.3, 0.4) is 0 Å². The fourth-order valence-corrected chi connectivity index (χ4v) is 1.44. The van der Waals surface area contributed by atoms with E-state index in [2.05, 4.69) is 6.58 Å². The van der Waals surface area contributed by atoms with E-state index in [1.807, 2.05) is 0 Å². The molecular weight excluding hydrogens is 208 g/mol. The van der Waals surface area contributed by atoms with Crippen LogP contribution in [0.15, 0.2) is 30.9 Å². The van der Waals surface area contributed by atoms with E-state index in [0.29, 0.717) is 17.1 Å². The maximum Gasteiger partial charge on any atom is 0.345 e. The molecule has 1 aromatic carbocycles. The van der Waals surface area contributed by atoms with Gasteiger partial charge in [-0.05, 0) is 18.2 Å². The average Bonchev–Trinajstić information content (AvgIpc) is 2.28. The quantitative estimate of drug-likeness (QED) is 0.566. The first-order chi connectivity index (χ1) is 7.58. The van der Waals surface area contributed by atoms with E-state index in [0.717, 1.165) is 0 Å². The summed E-state index contributed by atoms with van der Waals surface area (Å²) >= 11 is 0. The predicted molar refractivity (Wildman–Crippen MR) is 57.6 cm³/mol. The van der Waals surface area contributed by atoms with Crippen molar-refractivity contribution in [3.05, 3.63) is 36.4 Å². The molecule has 0 saturated heterocycles. The van der Waals surface area contributed by atoms with Gasteiger partial charge in [-0.3, -0.25) is 0 Å². The van der Waals surface area contributed by atoms with E-state index in [4.69, 9.17) is 14.2 Å². The van der Waals surface area contributed by atoms with E-state index >= 15 is 0 Å². The minimum atomic E-state index is -1.11. The molecule has 0 fully saturated rings. The molecule has 2 rings (SSSR count). The Labute approximate surface area is 93.4 Å². The molecule has 4 heteroatoms. The molecule has 1 atom stereocenters. The molecule has 1 aliphatic heterocycles. The summed E-state index contributed by atoms with van der Waals surface area (Å²) in [4.78, 5) is 11.7. The number of esters is 1. The molecule has 0 saturated carbocycles. The highest BCUT2D eigenvalue weighted by atomic mass is 16.7. The van der Waals surface area contributed by atoms with Crippen molar-refractivity contribution in [2.75, 3.05) is 7.11 Å². The molecule has 0 aromatic heterocycles. The highest BCUT2D eigenvalue weighted by Gasteiger charge is 2.35. The molecule has 1 aliphatic rings. The fourth-order valence-electron chi connectivity index (χ4n) is 1.44. The zero-order chi connectivity index (χ0) is 11.8. The Kier molecular flexibility index (Phi) is 2.34. The molecule has 0 N–H and O–H groups in total. The van der Waals surface area contributed by atoms with Crippen molar-refractivity contribution >= 4 is 5.97 Å². The summed E-state index contributed by atoms with van der Waals surface area (Å²) in [5.74, 6) is -0.472. The van der Waals surface area contributed by atoms with Crippen LogP contribution in [-0.4, -0.2) is 18.9 Å². The Bertz CT molecular complexity index is 452. The lowest BCUT2D eigenvalue weighted by atomic mass is 10.1. The largest absolute Gasteiger partial charge is 0.497 e. The molecule has 1 aromatic rings. The normalized spacial score (nSPS) is 22.8. The Morgan fingerprint density at radius 3 is 2.81 bits per heavy atom. The number of carbonyl (C=O) groups is 1. The maximum absolute atomic E-state index is 11.7. The summed E-state index contributed by atoms with van der Waals surface area (Å²) in [6.07, 6.45) is 1.44. The predicted octanol–water partition coefficient (Wildman–Crippen LogP) is 2.15. The van der Waals surface area contributed by atoms with Gasteiger partial charge in [-0.2, -0.15) is 0 Å². The third-order valence-corrected chi connectivity index (χ3v) is 2.39. The van der Waals surface area contributed by atoms with Gasteiger partial charge in [0, 0.05) is 13.0 Å². The second-order valence-corrected chi connectivity index (χ2v) is 3.57. The van der Waals surface area contributed by atoms with Crippen LogP contribution in [0, 0.1) is 0 Å². The zero-order valence-corrected chi connectivity index (χ0v) is 9.15. The smallest absolute Gasteiger partial charge is 0.345 e. The molecule has 1 heterocycles. The lowest BCUT2D eigenvalue weighted by molar-refractivity contribution is -0.105. The van der Waals surface area contributed by atoms with Crippen LogP contribution in [0.2, 0.25) is 0 Å². The number of fused-ring (bicyclic) bond motifs is 1. The topological polar surface area (TPSA) is 44.8 Å². The first kappa shape index (κ1) is 10.5. The number of cyclic esters (lactones) is 1. The molecule has 0 amide bonds. The monoisotopic (exact) mass is 220 g/mol. The van der Waals surface area contributed by atoms with Gasteiger partial charge >= 0.3 is 5.97 Å². The summed E-state index contributed by atoms with van der Waals surface area (Å²) in [5, 5.41) is 0. The van der Waals surface area contributed by atoms with Crippen LogP contribution in [0.4, 0.5) is 0 Å². The molecule has 84 valence electrons. The molecule has 1 unspecified atom stereocenters. The Morgan fingerprint density at radius 2 is 2.19 bits per heavy atom. The van der Waals surface area contributed by atoms with Crippen LogP contribution >= 0.6 is 0 Å². The van der Waals surface area contributed by atoms with Gasteiger partial charge in [0.25, 0.3) is 5.79 Å². The highest BCUT2D eigenvalue weighted by Crippen LogP contribution is 2.34. The van der Waals surface area contributed by atoms with Crippen LogP contribution in [0.5, 0.6) is 11.5 Å². The van der Waals surface area contributed by atoms with Gasteiger partial charge in [-0.15, -0.1) is 0 Å². The van der Waals surface area contributed by atoms with E-state index in [1.165, 1.54) is 6.08 Å². The Balaban J connectivity index is 2.47. The summed E-state index contributed by atoms with van der Waals surface area (Å²) in [5.41, 5.74) is 0.389. The van der Waals surface area contributed by atoms with Gasteiger partial charge in [0.2, 0.25) is 0 Å². The van der Waals surface area contributed by atoms with E-state index in [9.17, 15) is 4.79 Å². The van der Waals surface area contributed by atoms with Gasteiger partial charge in [0.15, 0.2) is 0 Å².